The van der Waals surface area contributed by atoms with Crippen LogP contribution in [0, 0.1) is 0 Å². The van der Waals surface area contributed by atoms with Gasteiger partial charge in [-0.15, -0.1) is 0 Å². The zero-order valence-corrected chi connectivity index (χ0v) is 9.59. The maximum Gasteiger partial charge on any atom is 0.405 e. The first-order valence-electron chi connectivity index (χ1n) is 5.05. The molecule has 0 bridgehead atoms. The zero-order chi connectivity index (χ0) is 11.2. The van der Waals surface area contributed by atoms with Crippen LogP contribution in [0.15, 0.2) is 0 Å². The van der Waals surface area contributed by atoms with Gasteiger partial charge in [0.25, 0.3) is 0 Å². The number of carbonyl (C=O) groups excluding carboxylic acids is 1. The Morgan fingerprint density at radius 2 is 2.07 bits per heavy atom. The van der Waals surface area contributed by atoms with Crippen molar-refractivity contribution in [1.82, 2.24) is 5.32 Å². The number of hydrogen-bond acceptors (Lipinski definition) is 3. The van der Waals surface area contributed by atoms with Crippen molar-refractivity contribution >= 4 is 6.09 Å². The molecule has 0 rings (SSSR count). The standard InChI is InChI=1S/C10H22N2O2/c1-8(2)12-7-5-6-10(3,4)14-9(11)13/h8,12H,5-7H2,1-4H3,(H2,11,13). The van der Waals surface area contributed by atoms with Crippen LogP contribution in [-0.4, -0.2) is 24.3 Å². The number of amides is 1. The van der Waals surface area contributed by atoms with E-state index in [-0.39, 0.29) is 0 Å². The Morgan fingerprint density at radius 3 is 2.50 bits per heavy atom. The number of primary amides is 1. The van der Waals surface area contributed by atoms with Crippen LogP contribution in [-0.2, 0) is 4.74 Å². The van der Waals surface area contributed by atoms with Gasteiger partial charge in [0, 0.05) is 6.04 Å². The number of rotatable bonds is 6. The number of ether oxygens (including phenoxy) is 1. The van der Waals surface area contributed by atoms with Crippen LogP contribution in [0.25, 0.3) is 0 Å². The Balaban J connectivity index is 3.60. The lowest BCUT2D eigenvalue weighted by atomic mass is 10.0. The molecule has 0 saturated carbocycles. The molecule has 0 aromatic carbocycles. The molecular formula is C10H22N2O2. The van der Waals surface area contributed by atoms with E-state index in [4.69, 9.17) is 10.5 Å². The topological polar surface area (TPSA) is 64.3 Å². The van der Waals surface area contributed by atoms with Crippen molar-refractivity contribution in [2.24, 2.45) is 5.73 Å². The van der Waals surface area contributed by atoms with Crippen LogP contribution < -0.4 is 11.1 Å². The summed E-state index contributed by atoms with van der Waals surface area (Å²) in [5, 5.41) is 3.30. The normalized spacial score (nSPS) is 11.8. The molecule has 3 N–H and O–H groups in total. The van der Waals surface area contributed by atoms with Gasteiger partial charge in [0.15, 0.2) is 0 Å². The predicted molar refractivity (Wildman–Crippen MR) is 57.1 cm³/mol. The molecule has 4 nitrogen and oxygen atoms in total. The Kier molecular flexibility index (Phi) is 5.53. The van der Waals surface area contributed by atoms with Crippen LogP contribution >= 0.6 is 0 Å². The fourth-order valence-electron chi connectivity index (χ4n) is 1.23. The molecule has 0 aliphatic carbocycles. The summed E-state index contributed by atoms with van der Waals surface area (Å²) in [6.45, 7) is 8.87. The Morgan fingerprint density at radius 1 is 1.50 bits per heavy atom. The van der Waals surface area contributed by atoms with Crippen molar-refractivity contribution in [2.75, 3.05) is 6.54 Å². The van der Waals surface area contributed by atoms with Gasteiger partial charge in [0.2, 0.25) is 0 Å². The molecule has 0 unspecified atom stereocenters. The molecule has 4 heteroatoms. The Hall–Kier alpha value is -0.770. The molecule has 0 saturated heterocycles. The molecule has 0 radical (unpaired) electrons. The number of carbonyl (C=O) groups is 1. The van der Waals surface area contributed by atoms with E-state index in [1.165, 1.54) is 0 Å². The van der Waals surface area contributed by atoms with Crippen molar-refractivity contribution in [3.63, 3.8) is 0 Å². The summed E-state index contributed by atoms with van der Waals surface area (Å²) in [6.07, 6.45) is 1.08. The van der Waals surface area contributed by atoms with Crippen molar-refractivity contribution in [3.8, 4) is 0 Å². The third-order valence-electron chi connectivity index (χ3n) is 1.89. The number of nitrogens with one attached hydrogen (secondary N) is 1. The molecule has 0 atom stereocenters. The highest BCUT2D eigenvalue weighted by molar-refractivity contribution is 5.65. The highest BCUT2D eigenvalue weighted by Gasteiger charge is 2.20. The lowest BCUT2D eigenvalue weighted by Crippen LogP contribution is -2.32. The van der Waals surface area contributed by atoms with Gasteiger partial charge in [0.05, 0.1) is 0 Å². The van der Waals surface area contributed by atoms with E-state index in [2.05, 4.69) is 19.2 Å². The largest absolute Gasteiger partial charge is 0.444 e. The van der Waals surface area contributed by atoms with Gasteiger partial charge in [-0.25, -0.2) is 4.79 Å². The quantitative estimate of drug-likeness (QED) is 0.643. The van der Waals surface area contributed by atoms with Crippen molar-refractivity contribution in [1.29, 1.82) is 0 Å². The van der Waals surface area contributed by atoms with E-state index < -0.39 is 11.7 Å². The SMILES string of the molecule is CC(C)NCCCC(C)(C)OC(N)=O. The highest BCUT2D eigenvalue weighted by Crippen LogP contribution is 2.15. The summed E-state index contributed by atoms with van der Waals surface area (Å²) >= 11 is 0. The third-order valence-corrected chi connectivity index (χ3v) is 1.89. The molecule has 0 heterocycles. The van der Waals surface area contributed by atoms with Crippen molar-refractivity contribution < 1.29 is 9.53 Å². The maximum atomic E-state index is 10.5. The van der Waals surface area contributed by atoms with Crippen molar-refractivity contribution in [2.45, 2.75) is 52.2 Å². The van der Waals surface area contributed by atoms with Crippen LogP contribution in [0.5, 0.6) is 0 Å². The van der Waals surface area contributed by atoms with E-state index in [1.54, 1.807) is 0 Å². The number of hydrogen-bond donors (Lipinski definition) is 2. The van der Waals surface area contributed by atoms with Crippen LogP contribution in [0.4, 0.5) is 4.79 Å². The fraction of sp³-hybridized carbons (Fsp3) is 0.900. The summed E-state index contributed by atoms with van der Waals surface area (Å²) in [7, 11) is 0. The minimum atomic E-state index is -0.702. The van der Waals surface area contributed by atoms with E-state index in [1.807, 2.05) is 13.8 Å². The van der Waals surface area contributed by atoms with Gasteiger partial charge in [-0.3, -0.25) is 0 Å². The maximum absolute atomic E-state index is 10.5. The van der Waals surface area contributed by atoms with Gasteiger partial charge in [-0.05, 0) is 33.2 Å². The summed E-state index contributed by atoms with van der Waals surface area (Å²) in [5.74, 6) is 0. The molecule has 0 spiro atoms. The predicted octanol–water partition coefficient (Wildman–Crippen LogP) is 1.64. The molecule has 1 amide bonds. The fourth-order valence-corrected chi connectivity index (χ4v) is 1.23. The highest BCUT2D eigenvalue weighted by atomic mass is 16.6. The van der Waals surface area contributed by atoms with Gasteiger partial charge in [0.1, 0.15) is 5.60 Å². The molecule has 0 aliphatic heterocycles. The molecule has 0 aromatic rings. The lowest BCUT2D eigenvalue weighted by Gasteiger charge is -2.24. The smallest absolute Gasteiger partial charge is 0.405 e. The minimum Gasteiger partial charge on any atom is -0.444 e. The first-order valence-corrected chi connectivity index (χ1v) is 5.05. The average molecular weight is 202 g/mol. The average Bonchev–Trinajstić information content (AvgIpc) is 1.95. The molecule has 0 aromatic heterocycles. The zero-order valence-electron chi connectivity index (χ0n) is 9.59. The summed E-state index contributed by atoms with van der Waals surface area (Å²) in [6, 6.07) is 0.496. The van der Waals surface area contributed by atoms with E-state index >= 15 is 0 Å². The van der Waals surface area contributed by atoms with Gasteiger partial charge in [-0.2, -0.15) is 0 Å². The molecular weight excluding hydrogens is 180 g/mol. The second-order valence-corrected chi connectivity index (χ2v) is 4.39. The van der Waals surface area contributed by atoms with Crippen molar-refractivity contribution in [3.05, 3.63) is 0 Å². The van der Waals surface area contributed by atoms with Crippen LogP contribution in [0.3, 0.4) is 0 Å². The second-order valence-electron chi connectivity index (χ2n) is 4.39. The van der Waals surface area contributed by atoms with E-state index in [9.17, 15) is 4.79 Å². The van der Waals surface area contributed by atoms with Crippen LogP contribution in [0.2, 0.25) is 0 Å². The first-order chi connectivity index (χ1) is 6.33. The summed E-state index contributed by atoms with van der Waals surface area (Å²) < 4.78 is 4.96. The third kappa shape index (κ3) is 7.86. The Bertz CT molecular complexity index is 179. The monoisotopic (exact) mass is 202 g/mol. The molecule has 84 valence electrons. The lowest BCUT2D eigenvalue weighted by molar-refractivity contribution is 0.0376. The van der Waals surface area contributed by atoms with Gasteiger partial charge in [-0.1, -0.05) is 13.8 Å². The first kappa shape index (κ1) is 13.2. The Labute approximate surface area is 86.2 Å². The van der Waals surface area contributed by atoms with Gasteiger partial charge < -0.3 is 15.8 Å². The second kappa shape index (κ2) is 5.86. The van der Waals surface area contributed by atoms with E-state index in [0.29, 0.717) is 6.04 Å². The summed E-state index contributed by atoms with van der Waals surface area (Å²) in [5.41, 5.74) is 4.50. The molecule has 14 heavy (non-hydrogen) atoms. The molecule has 0 aliphatic rings. The van der Waals surface area contributed by atoms with E-state index in [0.717, 1.165) is 19.4 Å². The molecule has 0 fully saturated rings. The van der Waals surface area contributed by atoms with Crippen LogP contribution in [0.1, 0.15) is 40.5 Å². The number of nitrogens with two attached hydrogens (primary N) is 1. The summed E-state index contributed by atoms with van der Waals surface area (Å²) in [4.78, 5) is 10.5. The minimum absolute atomic E-state index is 0.454. The van der Waals surface area contributed by atoms with Gasteiger partial charge >= 0.3 is 6.09 Å².